The molecule has 0 radical (unpaired) electrons. The second kappa shape index (κ2) is 6.24. The number of para-hydroxylation sites is 1. The van der Waals surface area contributed by atoms with Crippen molar-refractivity contribution in [1.82, 2.24) is 15.3 Å². The summed E-state index contributed by atoms with van der Waals surface area (Å²) in [6.45, 7) is 0.488. The van der Waals surface area contributed by atoms with Crippen LogP contribution in [-0.2, 0) is 4.79 Å². The number of anilines is 1. The molecule has 0 aliphatic carbocycles. The first kappa shape index (κ1) is 15.1. The molecule has 1 aromatic carbocycles. The van der Waals surface area contributed by atoms with E-state index < -0.39 is 0 Å². The molecule has 4 rings (SSSR count). The Kier molecular flexibility index (Phi) is 3.78. The number of aromatic amines is 1. The van der Waals surface area contributed by atoms with Crippen molar-refractivity contribution < 1.29 is 9.59 Å². The minimum Gasteiger partial charge on any atom is -0.350 e. The average Bonchev–Trinajstić information content (AvgIpc) is 2.94. The van der Waals surface area contributed by atoms with E-state index in [9.17, 15) is 9.59 Å². The van der Waals surface area contributed by atoms with Crippen molar-refractivity contribution in [1.29, 1.82) is 0 Å². The highest BCUT2D eigenvalue weighted by Gasteiger charge is 2.23. The van der Waals surface area contributed by atoms with Crippen molar-refractivity contribution in [3.05, 3.63) is 66.1 Å². The molecule has 0 saturated heterocycles. The van der Waals surface area contributed by atoms with E-state index in [4.69, 9.17) is 0 Å². The Morgan fingerprint density at radius 3 is 2.92 bits per heavy atom. The van der Waals surface area contributed by atoms with Crippen LogP contribution in [0.4, 0.5) is 5.69 Å². The van der Waals surface area contributed by atoms with E-state index in [1.54, 1.807) is 30.6 Å². The van der Waals surface area contributed by atoms with E-state index in [1.165, 1.54) is 0 Å². The highest BCUT2D eigenvalue weighted by Crippen LogP contribution is 2.32. The van der Waals surface area contributed by atoms with Crippen molar-refractivity contribution in [2.45, 2.75) is 6.42 Å². The Morgan fingerprint density at radius 2 is 2.08 bits per heavy atom. The van der Waals surface area contributed by atoms with Crippen LogP contribution in [0.25, 0.3) is 16.5 Å². The summed E-state index contributed by atoms with van der Waals surface area (Å²) >= 11 is 0. The smallest absolute Gasteiger partial charge is 0.268 e. The van der Waals surface area contributed by atoms with Gasteiger partial charge in [-0.25, -0.2) is 0 Å². The summed E-state index contributed by atoms with van der Waals surface area (Å²) in [5.74, 6) is -0.393. The van der Waals surface area contributed by atoms with Crippen LogP contribution in [-0.4, -0.2) is 28.3 Å². The predicted molar refractivity (Wildman–Crippen MR) is 96.1 cm³/mol. The zero-order valence-corrected chi connectivity index (χ0v) is 13.4. The minimum atomic E-state index is -0.242. The molecule has 2 aromatic heterocycles. The normalized spacial score (nSPS) is 15.5. The van der Waals surface area contributed by atoms with Crippen LogP contribution in [0.5, 0.6) is 0 Å². The third-order valence-electron chi connectivity index (χ3n) is 4.17. The number of amides is 2. The van der Waals surface area contributed by atoms with Gasteiger partial charge in [-0.3, -0.25) is 14.6 Å². The van der Waals surface area contributed by atoms with E-state index in [1.807, 2.05) is 24.3 Å². The highest BCUT2D eigenvalue weighted by molar-refractivity contribution is 6.11. The van der Waals surface area contributed by atoms with Gasteiger partial charge in [-0.2, -0.15) is 0 Å². The van der Waals surface area contributed by atoms with Crippen molar-refractivity contribution >= 4 is 34.0 Å². The van der Waals surface area contributed by atoms with E-state index in [2.05, 4.69) is 20.6 Å². The van der Waals surface area contributed by atoms with Crippen LogP contribution in [0.1, 0.15) is 22.5 Å². The summed E-state index contributed by atoms with van der Waals surface area (Å²) in [5, 5.41) is 6.60. The Hall–Kier alpha value is -3.41. The van der Waals surface area contributed by atoms with Gasteiger partial charge >= 0.3 is 0 Å². The molecule has 25 heavy (non-hydrogen) atoms. The van der Waals surface area contributed by atoms with Gasteiger partial charge in [0.25, 0.3) is 5.91 Å². The molecule has 0 unspecified atom stereocenters. The quantitative estimate of drug-likeness (QED) is 0.631. The Bertz CT molecular complexity index is 989. The topological polar surface area (TPSA) is 86.9 Å². The maximum atomic E-state index is 12.4. The molecule has 6 heteroatoms. The second-order valence-corrected chi connectivity index (χ2v) is 5.83. The number of nitrogens with one attached hydrogen (secondary N) is 3. The molecular formula is C19H16N4O2. The number of carbonyl (C=O) groups is 2. The second-order valence-electron chi connectivity index (χ2n) is 5.83. The van der Waals surface area contributed by atoms with Crippen molar-refractivity contribution in [3.8, 4) is 0 Å². The van der Waals surface area contributed by atoms with E-state index in [0.717, 1.165) is 22.0 Å². The first-order valence-electron chi connectivity index (χ1n) is 8.03. The average molecular weight is 332 g/mol. The first-order chi connectivity index (χ1) is 12.2. The molecule has 1 aliphatic heterocycles. The fourth-order valence-electron chi connectivity index (χ4n) is 3.09. The fourth-order valence-corrected chi connectivity index (χ4v) is 3.09. The number of fused-ring (bicyclic) bond motifs is 3. The SMILES string of the molecule is O=C(/C=C1/CCNC(=O)c2[nH]c3ccccc3c21)Nc1cccnc1. The summed E-state index contributed by atoms with van der Waals surface area (Å²) in [4.78, 5) is 31.9. The molecule has 124 valence electrons. The molecule has 0 spiro atoms. The summed E-state index contributed by atoms with van der Waals surface area (Å²) in [6.07, 6.45) is 5.38. The Balaban J connectivity index is 1.76. The maximum Gasteiger partial charge on any atom is 0.268 e. The predicted octanol–water partition coefficient (Wildman–Crippen LogP) is 2.72. The van der Waals surface area contributed by atoms with Crippen molar-refractivity contribution in [3.63, 3.8) is 0 Å². The Morgan fingerprint density at radius 1 is 1.20 bits per heavy atom. The fraction of sp³-hybridized carbons (Fsp3) is 0.105. The number of benzene rings is 1. The molecule has 1 aliphatic rings. The largest absolute Gasteiger partial charge is 0.350 e. The monoisotopic (exact) mass is 332 g/mol. The molecule has 0 saturated carbocycles. The molecule has 0 fully saturated rings. The maximum absolute atomic E-state index is 12.4. The molecule has 2 amide bonds. The number of hydrogen-bond acceptors (Lipinski definition) is 3. The standard InChI is InChI=1S/C19H16N4O2/c24-16(22-13-4-3-8-20-11-13)10-12-7-9-21-19(25)18-17(12)14-5-1-2-6-15(14)23-18/h1-6,8,10-11,23H,7,9H2,(H,21,25)(H,22,24)/b12-10-. The minimum absolute atomic E-state index is 0.151. The van der Waals surface area contributed by atoms with Crippen LogP contribution in [0.2, 0.25) is 0 Å². The van der Waals surface area contributed by atoms with Gasteiger partial charge in [0.2, 0.25) is 5.91 Å². The molecular weight excluding hydrogens is 316 g/mol. The Labute approximate surface area is 144 Å². The third-order valence-corrected chi connectivity index (χ3v) is 4.17. The van der Waals surface area contributed by atoms with E-state index in [-0.39, 0.29) is 11.8 Å². The van der Waals surface area contributed by atoms with Crippen LogP contribution in [0, 0.1) is 0 Å². The molecule has 3 aromatic rings. The van der Waals surface area contributed by atoms with Crippen LogP contribution < -0.4 is 10.6 Å². The number of hydrogen-bond donors (Lipinski definition) is 3. The highest BCUT2D eigenvalue weighted by atomic mass is 16.2. The van der Waals surface area contributed by atoms with Crippen LogP contribution in [0.15, 0.2) is 54.9 Å². The molecule has 3 N–H and O–H groups in total. The summed E-state index contributed by atoms with van der Waals surface area (Å²) in [5.41, 5.74) is 3.63. The van der Waals surface area contributed by atoms with Crippen molar-refractivity contribution in [2.24, 2.45) is 0 Å². The summed E-state index contributed by atoms with van der Waals surface area (Å²) in [7, 11) is 0. The first-order valence-corrected chi connectivity index (χ1v) is 8.03. The summed E-state index contributed by atoms with van der Waals surface area (Å²) in [6, 6.07) is 11.2. The van der Waals surface area contributed by atoms with Gasteiger partial charge in [-0.1, -0.05) is 18.2 Å². The molecule has 6 nitrogen and oxygen atoms in total. The lowest BCUT2D eigenvalue weighted by Crippen LogP contribution is -2.22. The van der Waals surface area contributed by atoms with E-state index in [0.29, 0.717) is 24.3 Å². The van der Waals surface area contributed by atoms with Gasteiger partial charge in [0.1, 0.15) is 5.69 Å². The molecule has 0 atom stereocenters. The number of carbonyl (C=O) groups excluding carboxylic acids is 2. The van der Waals surface area contributed by atoms with Gasteiger partial charge in [0.05, 0.1) is 11.9 Å². The number of H-pyrrole nitrogens is 1. The number of pyridine rings is 1. The lowest BCUT2D eigenvalue weighted by atomic mass is 9.99. The third kappa shape index (κ3) is 2.89. The van der Waals surface area contributed by atoms with Gasteiger partial charge in [0.15, 0.2) is 0 Å². The zero-order chi connectivity index (χ0) is 17.2. The van der Waals surface area contributed by atoms with Gasteiger partial charge in [0, 0.05) is 35.3 Å². The zero-order valence-electron chi connectivity index (χ0n) is 13.4. The van der Waals surface area contributed by atoms with Gasteiger partial charge in [-0.15, -0.1) is 0 Å². The van der Waals surface area contributed by atoms with Crippen molar-refractivity contribution in [2.75, 3.05) is 11.9 Å². The number of rotatable bonds is 2. The number of aromatic nitrogens is 2. The van der Waals surface area contributed by atoms with Gasteiger partial charge < -0.3 is 15.6 Å². The lowest BCUT2D eigenvalue weighted by Gasteiger charge is -2.06. The molecule has 0 bridgehead atoms. The summed E-state index contributed by atoms with van der Waals surface area (Å²) < 4.78 is 0. The van der Waals surface area contributed by atoms with E-state index >= 15 is 0 Å². The van der Waals surface area contributed by atoms with Crippen LogP contribution in [0.3, 0.4) is 0 Å². The lowest BCUT2D eigenvalue weighted by molar-refractivity contribution is -0.111. The van der Waals surface area contributed by atoms with Gasteiger partial charge in [-0.05, 0) is 30.2 Å². The number of nitrogens with zero attached hydrogens (tertiary/aromatic N) is 1. The van der Waals surface area contributed by atoms with Crippen LogP contribution >= 0.6 is 0 Å². The molecule has 3 heterocycles.